The maximum atomic E-state index is 13.3. The van der Waals surface area contributed by atoms with Crippen molar-refractivity contribution in [1.29, 1.82) is 0 Å². The van der Waals surface area contributed by atoms with Crippen LogP contribution in [0, 0.1) is 60.5 Å². The van der Waals surface area contributed by atoms with Gasteiger partial charge in [-0.1, -0.05) is 23.5 Å². The molecule has 0 spiro atoms. The third kappa shape index (κ3) is 26.0. The van der Waals surface area contributed by atoms with Gasteiger partial charge in [-0.15, -0.1) is 22.7 Å². The van der Waals surface area contributed by atoms with Gasteiger partial charge < -0.3 is 47.4 Å². The zero-order chi connectivity index (χ0) is 80.0. The fourth-order valence-corrected chi connectivity index (χ4v) is 14.9. The van der Waals surface area contributed by atoms with Gasteiger partial charge in [-0.25, -0.2) is 39.9 Å². The minimum atomic E-state index is -0.352. The predicted octanol–water partition coefficient (Wildman–Crippen LogP) is 14.0. The maximum Gasteiger partial charge on any atom is 0.199 e. The van der Waals surface area contributed by atoms with E-state index in [1.807, 2.05) is 108 Å². The summed E-state index contributed by atoms with van der Waals surface area (Å²) in [6.45, 7) is 21.3. The summed E-state index contributed by atoms with van der Waals surface area (Å²) in [5.74, 6) is 3.59. The first-order valence-corrected chi connectivity index (χ1v) is 40.8. The largest absolute Gasteiger partial charge is 0.488 e. The van der Waals surface area contributed by atoms with Crippen LogP contribution in [0.5, 0.6) is 28.7 Å². The summed E-state index contributed by atoms with van der Waals surface area (Å²) in [7, 11) is 0. The van der Waals surface area contributed by atoms with Gasteiger partial charge in [0, 0.05) is 167 Å². The molecule has 0 aromatic carbocycles. The molecule has 15 heterocycles. The van der Waals surface area contributed by atoms with E-state index in [0.29, 0.717) is 126 Å². The molecule has 10 aromatic rings. The van der Waals surface area contributed by atoms with E-state index in [-0.39, 0.29) is 90.3 Å². The van der Waals surface area contributed by atoms with E-state index in [2.05, 4.69) is 55.2 Å². The van der Waals surface area contributed by atoms with Crippen LogP contribution in [0.2, 0.25) is 0 Å². The monoisotopic (exact) mass is 1610 g/mol. The van der Waals surface area contributed by atoms with Gasteiger partial charge in [-0.3, -0.25) is 33.9 Å². The standard InChI is InChI=1S/C18H20N2O3S.C18H20N2O3.C17H18N2O3.C16H17FN2O3S.C16H18N2O3S/c1-11-6-14(23-13-4-5-22-9-13)7-15(19-11)17(21)8-18-20-16(10-24-18)12-2-3-12;1-12-3-4-14(19-10-12)8-18(21)17-9-16(7-13(2)20-17)23-15-5-6-22-11-15;1-12-8-15(22-14-5-7-21-11-14)10-16(19-12)17(20)9-13-4-2-3-6-18-13;1-9-5-12(22-11-3-4-21-8-11)6-13(18-9)14(20)7-15-19-10(2)16(17)23-15;1-10-5-13(21-12-3-4-20-8-12)6-14(17-10)15(19)7-16-18-11(2)9-22-16/h6-7,10,12-13H,2-5,8-9H2,1H3;3-4,7,9-10,15H,5-6,8,11H2,1-2H3;2-4,6,8,10,14H,5,7,9,11H2,1H3;5-6,11H,3-4,7-8H2,1-2H3;5-6,9,12H,3-4,7-8H2,1-2H3/t13-;15-;14-;11-;12-/m10011/s1. The first-order valence-electron chi connectivity index (χ1n) is 38.2. The molecule has 5 aliphatic heterocycles. The van der Waals surface area contributed by atoms with E-state index >= 15 is 0 Å². The Morgan fingerprint density at radius 3 is 1.05 bits per heavy atom. The molecule has 10 aromatic heterocycles. The van der Waals surface area contributed by atoms with Crippen LogP contribution in [0.25, 0.3) is 0 Å². The molecule has 25 nitrogen and oxygen atoms in total. The smallest absolute Gasteiger partial charge is 0.199 e. The molecule has 6 fully saturated rings. The van der Waals surface area contributed by atoms with Gasteiger partial charge in [0.25, 0.3) is 0 Å². The van der Waals surface area contributed by atoms with Gasteiger partial charge in [0.15, 0.2) is 34.0 Å². The molecule has 5 saturated heterocycles. The number of ether oxygens (including phenoxy) is 10. The minimum Gasteiger partial charge on any atom is -0.488 e. The molecule has 0 amide bonds. The number of ketones is 5. The number of Topliss-reactive ketones (excluding diaryl/α,β-unsaturated/α-hetero) is 5. The van der Waals surface area contributed by atoms with Crippen molar-refractivity contribution >= 4 is 62.9 Å². The Morgan fingerprint density at radius 2 is 0.746 bits per heavy atom. The van der Waals surface area contributed by atoms with E-state index in [0.717, 1.165) is 131 Å². The average molecular weight is 1610 g/mol. The van der Waals surface area contributed by atoms with Crippen molar-refractivity contribution in [2.24, 2.45) is 0 Å². The molecule has 0 bridgehead atoms. The number of hydrogen-bond donors (Lipinski definition) is 0. The fraction of sp³-hybridized carbons (Fsp3) is 0.424. The lowest BCUT2D eigenvalue weighted by molar-refractivity contribution is 0.0977. The number of pyridine rings is 7. The van der Waals surface area contributed by atoms with Crippen LogP contribution in [-0.2, 0) is 55.8 Å². The molecular formula is C85H93FN10O15S3. The van der Waals surface area contributed by atoms with Crippen LogP contribution in [0.1, 0.15) is 181 Å². The normalized spacial score (nSPS) is 18.0. The lowest BCUT2D eigenvalue weighted by Crippen LogP contribution is -2.16. The summed E-state index contributed by atoms with van der Waals surface area (Å²) in [6.07, 6.45) is 11.6. The number of hydrogen-bond acceptors (Lipinski definition) is 28. The van der Waals surface area contributed by atoms with Crippen LogP contribution in [0.15, 0.2) is 114 Å². The van der Waals surface area contributed by atoms with Gasteiger partial charge in [0.05, 0.1) is 110 Å². The van der Waals surface area contributed by atoms with Crippen molar-refractivity contribution in [1.82, 2.24) is 49.8 Å². The van der Waals surface area contributed by atoms with E-state index in [1.165, 1.54) is 24.2 Å². The van der Waals surface area contributed by atoms with E-state index < -0.39 is 0 Å². The molecule has 1 aliphatic carbocycles. The molecule has 598 valence electrons. The van der Waals surface area contributed by atoms with Gasteiger partial charge in [-0.2, -0.15) is 4.39 Å². The number of carbonyl (C=O) groups excluding carboxylic acids is 5. The Morgan fingerprint density at radius 1 is 0.386 bits per heavy atom. The molecule has 0 radical (unpaired) electrons. The first kappa shape index (κ1) is 83.4. The molecule has 16 rings (SSSR count). The molecule has 114 heavy (non-hydrogen) atoms. The maximum absolute atomic E-state index is 13.3. The number of carbonyl (C=O) groups is 5. The molecular weight excluding hydrogens is 1520 g/mol. The fourth-order valence-electron chi connectivity index (χ4n) is 12.5. The van der Waals surface area contributed by atoms with Crippen molar-refractivity contribution in [3.63, 3.8) is 0 Å². The van der Waals surface area contributed by atoms with E-state index in [4.69, 9.17) is 47.4 Å². The lowest BCUT2D eigenvalue weighted by Gasteiger charge is -2.13. The predicted molar refractivity (Wildman–Crippen MR) is 425 cm³/mol. The van der Waals surface area contributed by atoms with Gasteiger partial charge in [-0.05, 0) is 92.0 Å². The number of nitrogens with zero attached hydrogens (tertiary/aromatic N) is 10. The highest BCUT2D eigenvalue weighted by Gasteiger charge is 2.29. The Bertz CT molecular complexity index is 4900. The highest BCUT2D eigenvalue weighted by molar-refractivity contribution is 7.10. The molecule has 1 saturated carbocycles. The summed E-state index contributed by atoms with van der Waals surface area (Å²) in [4.78, 5) is 105. The first-order chi connectivity index (χ1) is 55.1. The molecule has 6 aliphatic rings. The highest BCUT2D eigenvalue weighted by Crippen LogP contribution is 2.40. The minimum absolute atomic E-state index is 0.00969. The summed E-state index contributed by atoms with van der Waals surface area (Å²) >= 11 is 3.97. The lowest BCUT2D eigenvalue weighted by atomic mass is 10.1. The van der Waals surface area contributed by atoms with Crippen LogP contribution in [0.3, 0.4) is 0 Å². The average Bonchev–Trinajstić information content (AvgIpc) is 1.45. The summed E-state index contributed by atoms with van der Waals surface area (Å²) in [6, 6.07) is 27.1. The van der Waals surface area contributed by atoms with E-state index in [1.54, 1.807) is 67.1 Å². The number of halogens is 1. The zero-order valence-corrected chi connectivity index (χ0v) is 67.6. The van der Waals surface area contributed by atoms with Crippen molar-refractivity contribution in [3.8, 4) is 28.7 Å². The topological polar surface area (TPSA) is 307 Å². The van der Waals surface area contributed by atoms with Crippen molar-refractivity contribution in [2.75, 3.05) is 66.1 Å². The quantitative estimate of drug-likeness (QED) is 0.0455. The highest BCUT2D eigenvalue weighted by atomic mass is 32.1. The molecule has 0 N–H and O–H groups in total. The van der Waals surface area contributed by atoms with Crippen LogP contribution in [-0.4, -0.2) is 175 Å². The Hall–Kier alpha value is -9.98. The van der Waals surface area contributed by atoms with Gasteiger partial charge in [0.2, 0.25) is 0 Å². The SMILES string of the molecule is Cc1cc(O[C@@H]2CCOC2)cc(C(=O)Cc2nc(C)c(F)s2)n1.Cc1cc(O[C@@H]2CCOC2)cc(C(=O)Cc2nc(C)cs2)n1.Cc1cc(O[C@@H]2CCOC2)cc(C(=O)Cc2nc(C3CC3)cs2)n1.Cc1cc(O[C@H]2CCOC2)cc(C(=O)Cc2ccccn2)n1.Cc1ccc(CC(=O)c2cc(O[C@H]3CCOC3)cc(C)n2)nc1. The van der Waals surface area contributed by atoms with Crippen LogP contribution >= 0.6 is 34.0 Å². The Kier molecular flexibility index (Phi) is 29.9. The Labute approximate surface area is 673 Å². The van der Waals surface area contributed by atoms with Crippen molar-refractivity contribution in [2.45, 2.75) is 169 Å². The number of aromatic nitrogens is 10. The van der Waals surface area contributed by atoms with Crippen molar-refractivity contribution < 1.29 is 75.7 Å². The zero-order valence-electron chi connectivity index (χ0n) is 65.2. The van der Waals surface area contributed by atoms with Crippen LogP contribution in [0.4, 0.5) is 4.39 Å². The van der Waals surface area contributed by atoms with Crippen LogP contribution < -0.4 is 23.7 Å². The van der Waals surface area contributed by atoms with Gasteiger partial charge >= 0.3 is 0 Å². The number of thiazole rings is 3. The van der Waals surface area contributed by atoms with Crippen molar-refractivity contribution in [3.05, 3.63) is 225 Å². The third-order valence-corrected chi connectivity index (χ3v) is 21.1. The van der Waals surface area contributed by atoms with Gasteiger partial charge in [0.1, 0.15) is 103 Å². The summed E-state index contributed by atoms with van der Waals surface area (Å²) in [5, 5.41) is 5.82. The molecule has 29 heteroatoms. The second-order valence-electron chi connectivity index (χ2n) is 28.6. The molecule has 5 atom stereocenters. The number of rotatable bonds is 26. The molecule has 0 unspecified atom stereocenters. The Balaban J connectivity index is 0.000000132. The summed E-state index contributed by atoms with van der Waals surface area (Å²) in [5.41, 5.74) is 10.8. The second kappa shape index (κ2) is 40.8. The number of aryl methyl sites for hydroxylation is 8. The van der Waals surface area contributed by atoms with E-state index in [9.17, 15) is 28.4 Å². The second-order valence-corrected chi connectivity index (χ2v) is 31.5. The third-order valence-electron chi connectivity index (χ3n) is 18.3. The summed E-state index contributed by atoms with van der Waals surface area (Å²) < 4.78 is 69.2.